The lowest BCUT2D eigenvalue weighted by atomic mass is 9.92. The summed E-state index contributed by atoms with van der Waals surface area (Å²) in [6.07, 6.45) is 6.57. The Balaban J connectivity index is 1.25. The van der Waals surface area contributed by atoms with Gasteiger partial charge >= 0.3 is 0 Å². The van der Waals surface area contributed by atoms with Gasteiger partial charge in [-0.15, -0.1) is 0 Å². The summed E-state index contributed by atoms with van der Waals surface area (Å²) >= 11 is 6.38. The fourth-order valence-electron chi connectivity index (χ4n) is 5.38. The third-order valence-corrected chi connectivity index (χ3v) is 7.57. The Bertz CT molecular complexity index is 1360. The van der Waals surface area contributed by atoms with Gasteiger partial charge in [0.05, 0.1) is 23.5 Å². The van der Waals surface area contributed by atoms with Crippen LogP contribution in [0.25, 0.3) is 0 Å². The first-order valence-corrected chi connectivity index (χ1v) is 12.7. The molecule has 3 aliphatic rings. The average molecular weight is 503 g/mol. The maximum absolute atomic E-state index is 13.0. The van der Waals surface area contributed by atoms with Crippen LogP contribution in [-0.2, 0) is 11.2 Å². The number of aromatic nitrogens is 2. The predicted molar refractivity (Wildman–Crippen MR) is 139 cm³/mol. The van der Waals surface area contributed by atoms with Crippen molar-refractivity contribution in [3.63, 3.8) is 0 Å². The highest BCUT2D eigenvalue weighted by Gasteiger charge is 2.46. The number of nitrogens with one attached hydrogen (secondary N) is 3. The number of fused-ring (bicyclic) bond motifs is 4. The fourth-order valence-corrected chi connectivity index (χ4v) is 5.52. The van der Waals surface area contributed by atoms with E-state index in [1.165, 1.54) is 17.3 Å². The zero-order chi connectivity index (χ0) is 24.8. The molecule has 2 bridgehead atoms. The standard InChI is InChI=1S/C27H27ClN6O2/c1-29-25(35)19-4-2-3-5-22(19)32-24-21(28)14-30-27(33-24)31-17-9-8-16-12-18-10-11-23(20(16)13-17)34(18)26(36)15-6-7-15/h2-5,8-9,13-15,18,23H,6-7,10-12H2,1H3,(H,29,35)(H2,30,31,32,33). The van der Waals surface area contributed by atoms with Crippen LogP contribution in [0.5, 0.6) is 0 Å². The number of hydrogen-bond donors (Lipinski definition) is 3. The van der Waals surface area contributed by atoms with Gasteiger partial charge in [0.15, 0.2) is 5.82 Å². The first-order chi connectivity index (χ1) is 17.5. The van der Waals surface area contributed by atoms with Gasteiger partial charge in [-0.1, -0.05) is 29.8 Å². The van der Waals surface area contributed by atoms with Crippen molar-refractivity contribution in [3.05, 3.63) is 70.4 Å². The monoisotopic (exact) mass is 502 g/mol. The number of rotatable bonds is 6. The molecule has 2 amide bonds. The molecule has 6 rings (SSSR count). The van der Waals surface area contributed by atoms with Crippen LogP contribution in [0.2, 0.25) is 5.02 Å². The highest BCUT2D eigenvalue weighted by atomic mass is 35.5. The Kier molecular flexibility index (Phi) is 5.76. The molecule has 2 aromatic carbocycles. The van der Waals surface area contributed by atoms with Crippen molar-refractivity contribution in [2.45, 2.75) is 44.2 Å². The smallest absolute Gasteiger partial charge is 0.253 e. The van der Waals surface area contributed by atoms with Crippen LogP contribution < -0.4 is 16.0 Å². The van der Waals surface area contributed by atoms with Gasteiger partial charge in [0.25, 0.3) is 5.91 Å². The molecule has 1 aromatic heterocycles. The van der Waals surface area contributed by atoms with Crippen LogP contribution in [0.15, 0.2) is 48.7 Å². The molecule has 1 aliphatic carbocycles. The number of nitrogens with zero attached hydrogens (tertiary/aromatic N) is 3. The van der Waals surface area contributed by atoms with Crippen LogP contribution in [-0.4, -0.2) is 39.8 Å². The summed E-state index contributed by atoms with van der Waals surface area (Å²) in [6, 6.07) is 13.9. The Labute approximate surface area is 214 Å². The molecule has 1 saturated heterocycles. The normalized spacial score (nSPS) is 20.0. The number of halogens is 1. The van der Waals surface area contributed by atoms with E-state index in [1.54, 1.807) is 25.2 Å². The minimum Gasteiger partial charge on any atom is -0.355 e. The second-order valence-electron chi connectivity index (χ2n) is 9.65. The molecule has 8 nitrogen and oxygen atoms in total. The Morgan fingerprint density at radius 3 is 2.69 bits per heavy atom. The molecule has 9 heteroatoms. The average Bonchev–Trinajstić information content (AvgIpc) is 3.69. The summed E-state index contributed by atoms with van der Waals surface area (Å²) in [5, 5.41) is 9.43. The molecule has 36 heavy (non-hydrogen) atoms. The number of anilines is 4. The zero-order valence-electron chi connectivity index (χ0n) is 19.9. The Hall–Kier alpha value is -3.65. The summed E-state index contributed by atoms with van der Waals surface area (Å²) in [5.41, 5.74) is 4.47. The summed E-state index contributed by atoms with van der Waals surface area (Å²) < 4.78 is 0. The van der Waals surface area contributed by atoms with E-state index in [-0.39, 0.29) is 17.9 Å². The van der Waals surface area contributed by atoms with Gasteiger partial charge in [-0.2, -0.15) is 4.98 Å². The molecule has 2 fully saturated rings. The summed E-state index contributed by atoms with van der Waals surface area (Å²) in [7, 11) is 1.59. The molecule has 0 spiro atoms. The minimum atomic E-state index is -0.209. The largest absolute Gasteiger partial charge is 0.355 e. The number of hydrogen-bond acceptors (Lipinski definition) is 6. The first kappa shape index (κ1) is 22.8. The van der Waals surface area contributed by atoms with E-state index < -0.39 is 0 Å². The number of carbonyl (C=O) groups is 2. The van der Waals surface area contributed by atoms with Crippen molar-refractivity contribution in [2.24, 2.45) is 5.92 Å². The van der Waals surface area contributed by atoms with Crippen molar-refractivity contribution >= 4 is 46.6 Å². The molecular weight excluding hydrogens is 476 g/mol. The molecule has 0 radical (unpaired) electrons. The molecule has 3 heterocycles. The summed E-state index contributed by atoms with van der Waals surface area (Å²) in [6.45, 7) is 0. The van der Waals surface area contributed by atoms with E-state index in [4.69, 9.17) is 11.6 Å². The molecule has 184 valence electrons. The maximum atomic E-state index is 13.0. The third kappa shape index (κ3) is 4.15. The van der Waals surface area contributed by atoms with E-state index in [9.17, 15) is 9.59 Å². The fraction of sp³-hybridized carbons (Fsp3) is 0.333. The number of carbonyl (C=O) groups excluding carboxylic acids is 2. The van der Waals surface area contributed by atoms with Gasteiger partial charge in [0.1, 0.15) is 5.02 Å². The van der Waals surface area contributed by atoms with E-state index in [1.807, 2.05) is 12.1 Å². The molecular formula is C27H27ClN6O2. The van der Waals surface area contributed by atoms with E-state index in [2.05, 4.69) is 43.0 Å². The van der Waals surface area contributed by atoms with Gasteiger partial charge in [-0.05, 0) is 67.5 Å². The lowest BCUT2D eigenvalue weighted by molar-refractivity contribution is -0.136. The van der Waals surface area contributed by atoms with Gasteiger partial charge in [0, 0.05) is 24.7 Å². The molecule has 2 atom stereocenters. The maximum Gasteiger partial charge on any atom is 0.253 e. The van der Waals surface area contributed by atoms with Crippen LogP contribution in [0, 0.1) is 5.92 Å². The van der Waals surface area contributed by atoms with Gasteiger partial charge in [-0.3, -0.25) is 9.59 Å². The van der Waals surface area contributed by atoms with Crippen molar-refractivity contribution in [3.8, 4) is 0 Å². The van der Waals surface area contributed by atoms with Crippen molar-refractivity contribution in [2.75, 3.05) is 17.7 Å². The molecule has 2 unspecified atom stereocenters. The SMILES string of the molecule is CNC(=O)c1ccccc1Nc1nc(Nc2ccc3c(c2)C2CCC(C3)N2C(=O)C2CC2)ncc1Cl. The molecule has 3 N–H and O–H groups in total. The second kappa shape index (κ2) is 9.09. The zero-order valence-corrected chi connectivity index (χ0v) is 20.7. The number of para-hydroxylation sites is 1. The summed E-state index contributed by atoms with van der Waals surface area (Å²) in [5.74, 6) is 1.13. The lowest BCUT2D eigenvalue weighted by Crippen LogP contribution is -2.42. The van der Waals surface area contributed by atoms with E-state index >= 15 is 0 Å². The minimum absolute atomic E-state index is 0.151. The number of amides is 2. The van der Waals surface area contributed by atoms with E-state index in [0.717, 1.165) is 37.8 Å². The van der Waals surface area contributed by atoms with Crippen molar-refractivity contribution in [1.82, 2.24) is 20.2 Å². The predicted octanol–water partition coefficient (Wildman–Crippen LogP) is 4.98. The van der Waals surface area contributed by atoms with Gasteiger partial charge < -0.3 is 20.9 Å². The third-order valence-electron chi connectivity index (χ3n) is 7.30. The Morgan fingerprint density at radius 1 is 1.06 bits per heavy atom. The summed E-state index contributed by atoms with van der Waals surface area (Å²) in [4.78, 5) is 36.3. The van der Waals surface area contributed by atoms with Gasteiger partial charge in [0.2, 0.25) is 11.9 Å². The Morgan fingerprint density at radius 2 is 1.89 bits per heavy atom. The highest BCUT2D eigenvalue weighted by molar-refractivity contribution is 6.33. The van der Waals surface area contributed by atoms with Gasteiger partial charge in [-0.25, -0.2) is 4.98 Å². The molecule has 1 saturated carbocycles. The quantitative estimate of drug-likeness (QED) is 0.440. The van der Waals surface area contributed by atoms with E-state index in [0.29, 0.717) is 40.0 Å². The topological polar surface area (TPSA) is 99.2 Å². The van der Waals surface area contributed by atoms with Crippen LogP contribution >= 0.6 is 11.6 Å². The van der Waals surface area contributed by atoms with Crippen LogP contribution in [0.4, 0.5) is 23.1 Å². The second-order valence-corrected chi connectivity index (χ2v) is 10.1. The highest BCUT2D eigenvalue weighted by Crippen LogP contribution is 2.47. The molecule has 2 aliphatic heterocycles. The van der Waals surface area contributed by atoms with Crippen molar-refractivity contribution < 1.29 is 9.59 Å². The number of benzene rings is 2. The lowest BCUT2D eigenvalue weighted by Gasteiger charge is -2.37. The van der Waals surface area contributed by atoms with Crippen molar-refractivity contribution in [1.29, 1.82) is 0 Å². The molecule has 3 aromatic rings. The first-order valence-electron chi connectivity index (χ1n) is 12.3. The van der Waals surface area contributed by atoms with Crippen LogP contribution in [0.3, 0.4) is 0 Å². The van der Waals surface area contributed by atoms with Crippen LogP contribution in [0.1, 0.15) is 53.2 Å².